The summed E-state index contributed by atoms with van der Waals surface area (Å²) in [6, 6.07) is 0. The number of hydrogen-bond donors (Lipinski definition) is 3. The van der Waals surface area contributed by atoms with Gasteiger partial charge >= 0.3 is 0 Å². The van der Waals surface area contributed by atoms with Crippen molar-refractivity contribution in [2.45, 2.75) is 58.7 Å². The maximum Gasteiger partial charge on any atom is 0.293 e. The first-order chi connectivity index (χ1) is 13.6. The summed E-state index contributed by atoms with van der Waals surface area (Å²) in [7, 11) is 1.51. The van der Waals surface area contributed by atoms with E-state index in [2.05, 4.69) is 0 Å². The summed E-state index contributed by atoms with van der Waals surface area (Å²) >= 11 is 0. The smallest absolute Gasteiger partial charge is 0.293 e. The van der Waals surface area contributed by atoms with E-state index in [1.165, 1.54) is 13.2 Å². The first-order valence-corrected chi connectivity index (χ1v) is 10.00. The molecule has 0 aromatic heterocycles. The second-order valence-electron chi connectivity index (χ2n) is 9.01. The Labute approximate surface area is 170 Å². The standard InChI is InChI=1S/C22H30O7/c1-12(28-4)8-14-17(25)13-9-15(24)20-21(2,10-29-11-23)6-5-7-22(20,3)16(13)19(27)18(14)26/h9,11-12,15,20,24-25,27H,5-8,10H2,1-4H3. The minimum Gasteiger partial charge on any atom is -0.507 e. The molecular formula is C22H30O7. The average Bonchev–Trinajstić information content (AvgIpc) is 2.67. The molecule has 0 aromatic carbocycles. The summed E-state index contributed by atoms with van der Waals surface area (Å²) in [4.78, 5) is 23.7. The first-order valence-electron chi connectivity index (χ1n) is 10.00. The number of allylic oxidation sites excluding steroid dienone is 2. The van der Waals surface area contributed by atoms with Crippen LogP contribution in [0.4, 0.5) is 0 Å². The molecule has 1 fully saturated rings. The molecule has 5 unspecified atom stereocenters. The van der Waals surface area contributed by atoms with Crippen LogP contribution in [-0.2, 0) is 19.1 Å². The molecule has 3 aliphatic rings. The summed E-state index contributed by atoms with van der Waals surface area (Å²) in [6.45, 7) is 6.15. The Morgan fingerprint density at radius 2 is 1.97 bits per heavy atom. The molecule has 7 heteroatoms. The van der Waals surface area contributed by atoms with Gasteiger partial charge in [0.15, 0.2) is 5.76 Å². The van der Waals surface area contributed by atoms with Gasteiger partial charge in [-0.3, -0.25) is 9.59 Å². The van der Waals surface area contributed by atoms with E-state index >= 15 is 0 Å². The highest BCUT2D eigenvalue weighted by Crippen LogP contribution is 2.61. The molecule has 0 aliphatic heterocycles. The van der Waals surface area contributed by atoms with E-state index in [4.69, 9.17) is 9.47 Å². The largest absolute Gasteiger partial charge is 0.507 e. The summed E-state index contributed by atoms with van der Waals surface area (Å²) in [5.74, 6) is -1.58. The number of methoxy groups -OCH3 is 1. The summed E-state index contributed by atoms with van der Waals surface area (Å²) < 4.78 is 10.3. The lowest BCUT2D eigenvalue weighted by Crippen LogP contribution is -2.55. The molecule has 0 aromatic rings. The molecule has 3 N–H and O–H groups in total. The maximum atomic E-state index is 12.9. The molecule has 1 saturated carbocycles. The predicted octanol–water partition coefficient (Wildman–Crippen LogP) is 2.90. The summed E-state index contributed by atoms with van der Waals surface area (Å²) in [5, 5.41) is 32.9. The molecule has 0 saturated heterocycles. The zero-order chi connectivity index (χ0) is 21.6. The lowest BCUT2D eigenvalue weighted by atomic mass is 9.48. The van der Waals surface area contributed by atoms with Crippen LogP contribution in [0.3, 0.4) is 0 Å². The van der Waals surface area contributed by atoms with Crippen molar-refractivity contribution in [3.63, 3.8) is 0 Å². The Bertz CT molecular complexity index is 808. The number of carbonyl (C=O) groups excluding carboxylic acids is 2. The molecule has 0 amide bonds. The van der Waals surface area contributed by atoms with Crippen LogP contribution in [0.5, 0.6) is 0 Å². The molecule has 5 atom stereocenters. The van der Waals surface area contributed by atoms with Gasteiger partial charge in [-0.15, -0.1) is 0 Å². The zero-order valence-corrected chi connectivity index (χ0v) is 17.4. The van der Waals surface area contributed by atoms with Crippen molar-refractivity contribution in [3.8, 4) is 0 Å². The van der Waals surface area contributed by atoms with E-state index in [-0.39, 0.29) is 42.1 Å². The molecule has 29 heavy (non-hydrogen) atoms. The van der Waals surface area contributed by atoms with E-state index in [9.17, 15) is 24.9 Å². The van der Waals surface area contributed by atoms with Gasteiger partial charge in [0.2, 0.25) is 5.78 Å². The normalized spacial score (nSPS) is 35.6. The fourth-order valence-corrected chi connectivity index (χ4v) is 5.74. The van der Waals surface area contributed by atoms with Crippen molar-refractivity contribution in [1.82, 2.24) is 0 Å². The second-order valence-corrected chi connectivity index (χ2v) is 9.01. The molecule has 7 nitrogen and oxygen atoms in total. The van der Waals surface area contributed by atoms with Crippen molar-refractivity contribution in [1.29, 1.82) is 0 Å². The highest BCUT2D eigenvalue weighted by Gasteiger charge is 2.58. The topological polar surface area (TPSA) is 113 Å². The van der Waals surface area contributed by atoms with Crippen LogP contribution in [0.25, 0.3) is 0 Å². The SMILES string of the molecule is COC(C)CC1=C(O)C2=CC(O)C3C(C)(COC=O)CCCC3(C)C2=C(O)C1=O. The Balaban J connectivity index is 2.14. The fraction of sp³-hybridized carbons (Fsp3) is 0.636. The Morgan fingerprint density at radius 1 is 1.28 bits per heavy atom. The molecule has 160 valence electrons. The van der Waals surface area contributed by atoms with E-state index < -0.39 is 22.7 Å². The lowest BCUT2D eigenvalue weighted by molar-refractivity contribution is -0.141. The predicted molar refractivity (Wildman–Crippen MR) is 105 cm³/mol. The lowest BCUT2D eigenvalue weighted by Gasteiger charge is -2.56. The zero-order valence-electron chi connectivity index (χ0n) is 17.4. The highest BCUT2D eigenvalue weighted by molar-refractivity contribution is 6.10. The van der Waals surface area contributed by atoms with E-state index in [1.54, 1.807) is 6.92 Å². The first kappa shape index (κ1) is 21.6. The number of ketones is 1. The monoisotopic (exact) mass is 406 g/mol. The molecule has 3 aliphatic carbocycles. The molecule has 0 radical (unpaired) electrons. The van der Waals surface area contributed by atoms with Gasteiger partial charge in [0, 0.05) is 47.0 Å². The van der Waals surface area contributed by atoms with Crippen LogP contribution in [0.2, 0.25) is 0 Å². The second kappa shape index (κ2) is 7.61. The number of Topliss-reactive ketones (excluding diaryl/α,β-unsaturated/α-hetero) is 1. The number of carbonyl (C=O) groups is 2. The minimum absolute atomic E-state index is 0.0870. The van der Waals surface area contributed by atoms with Crippen LogP contribution in [0.15, 0.2) is 34.3 Å². The van der Waals surface area contributed by atoms with Crippen LogP contribution >= 0.6 is 0 Å². The van der Waals surface area contributed by atoms with Crippen molar-refractivity contribution in [2.24, 2.45) is 16.7 Å². The number of ether oxygens (including phenoxy) is 2. The van der Waals surface area contributed by atoms with Crippen molar-refractivity contribution in [3.05, 3.63) is 34.3 Å². The number of aliphatic hydroxyl groups excluding tert-OH is 3. The summed E-state index contributed by atoms with van der Waals surface area (Å²) in [6.07, 6.45) is 2.56. The highest BCUT2D eigenvalue weighted by atomic mass is 16.5. The third kappa shape index (κ3) is 3.30. The van der Waals surface area contributed by atoms with Gasteiger partial charge in [-0.05, 0) is 25.8 Å². The quantitative estimate of drug-likeness (QED) is 0.581. The van der Waals surface area contributed by atoms with Gasteiger partial charge in [-0.25, -0.2) is 0 Å². The van der Waals surface area contributed by atoms with Crippen molar-refractivity contribution < 1.29 is 34.4 Å². The van der Waals surface area contributed by atoms with Crippen LogP contribution in [-0.4, -0.2) is 53.5 Å². The Hall–Kier alpha value is -2.12. The van der Waals surface area contributed by atoms with E-state index in [1.807, 2.05) is 13.8 Å². The molecular weight excluding hydrogens is 376 g/mol. The Morgan fingerprint density at radius 3 is 2.59 bits per heavy atom. The number of hydrogen-bond acceptors (Lipinski definition) is 7. The summed E-state index contributed by atoms with van der Waals surface area (Å²) in [5.41, 5.74) is -0.512. The van der Waals surface area contributed by atoms with Gasteiger partial charge in [-0.2, -0.15) is 0 Å². The van der Waals surface area contributed by atoms with E-state index in [0.29, 0.717) is 24.0 Å². The fourth-order valence-electron chi connectivity index (χ4n) is 5.74. The van der Waals surface area contributed by atoms with Crippen LogP contribution in [0, 0.1) is 16.7 Å². The Kier molecular flexibility index (Phi) is 5.66. The number of aliphatic hydroxyl groups is 3. The third-order valence-electron chi connectivity index (χ3n) is 7.04. The number of fused-ring (bicyclic) bond motifs is 3. The van der Waals surface area contributed by atoms with Crippen LogP contribution < -0.4 is 0 Å². The molecule has 0 heterocycles. The molecule has 0 bridgehead atoms. The average molecular weight is 406 g/mol. The minimum atomic E-state index is -0.927. The third-order valence-corrected chi connectivity index (χ3v) is 7.04. The van der Waals surface area contributed by atoms with Gasteiger partial charge in [0.25, 0.3) is 6.47 Å². The van der Waals surface area contributed by atoms with Gasteiger partial charge in [0.1, 0.15) is 5.76 Å². The van der Waals surface area contributed by atoms with Crippen LogP contribution in [0.1, 0.15) is 46.5 Å². The van der Waals surface area contributed by atoms with Crippen molar-refractivity contribution >= 4 is 12.3 Å². The van der Waals surface area contributed by atoms with Gasteiger partial charge in [0.05, 0.1) is 18.8 Å². The number of rotatable bonds is 6. The molecule has 3 rings (SSSR count). The molecule has 0 spiro atoms. The van der Waals surface area contributed by atoms with E-state index in [0.717, 1.165) is 12.8 Å². The van der Waals surface area contributed by atoms with Gasteiger partial charge in [-0.1, -0.05) is 20.3 Å². The van der Waals surface area contributed by atoms with Gasteiger partial charge < -0.3 is 24.8 Å². The van der Waals surface area contributed by atoms with Crippen molar-refractivity contribution in [2.75, 3.05) is 13.7 Å². The maximum absolute atomic E-state index is 12.9.